The van der Waals surface area contributed by atoms with E-state index < -0.39 is 0 Å². The van der Waals surface area contributed by atoms with Crippen molar-refractivity contribution in [1.82, 2.24) is 0 Å². The van der Waals surface area contributed by atoms with Crippen molar-refractivity contribution in [2.45, 2.75) is 58.3 Å². The molecule has 3 aliphatic carbocycles. The second-order valence-corrected chi connectivity index (χ2v) is 8.20. The molecule has 0 radical (unpaired) electrons. The molecule has 22 heavy (non-hydrogen) atoms. The molecule has 0 aromatic carbocycles. The second kappa shape index (κ2) is 6.89. The lowest BCUT2D eigenvalue weighted by atomic mass is 9.55. The lowest BCUT2D eigenvalue weighted by Crippen LogP contribution is -2.42. The lowest BCUT2D eigenvalue weighted by molar-refractivity contribution is -0.0419. The van der Waals surface area contributed by atoms with E-state index in [1.54, 1.807) is 7.11 Å². The first-order valence-electron chi connectivity index (χ1n) is 9.13. The van der Waals surface area contributed by atoms with Crippen LogP contribution in [-0.4, -0.2) is 20.5 Å². The number of hydrogen-bond donors (Lipinski definition) is 0. The standard InChI is InChI=1S/C19H31NO2/c1-19-11-15-4-3-14(7-8-22-13-21-2)9-16(15)10-17(19)5-6-18(19)12-20/h14-18H,3-11,13H2,1-2H3/t14-,15+,16+,17-,18+,19-/m0/s1. The zero-order valence-electron chi connectivity index (χ0n) is 14.2. The Labute approximate surface area is 135 Å². The SMILES string of the molecule is COCOCC[C@@H]1CC[C@@H]2C[C@@]3(C)[C@@H](CC[C@@H]3C#N)C[C@H]2C1. The summed E-state index contributed by atoms with van der Waals surface area (Å²) in [5.74, 6) is 3.76. The highest BCUT2D eigenvalue weighted by molar-refractivity contribution is 5.08. The summed E-state index contributed by atoms with van der Waals surface area (Å²) in [6.45, 7) is 3.68. The van der Waals surface area contributed by atoms with Gasteiger partial charge >= 0.3 is 0 Å². The van der Waals surface area contributed by atoms with Crippen molar-refractivity contribution >= 4 is 0 Å². The van der Waals surface area contributed by atoms with Crippen LogP contribution in [0.5, 0.6) is 0 Å². The summed E-state index contributed by atoms with van der Waals surface area (Å²) >= 11 is 0. The van der Waals surface area contributed by atoms with Gasteiger partial charge in [0.15, 0.2) is 0 Å². The maximum absolute atomic E-state index is 9.47. The monoisotopic (exact) mass is 305 g/mol. The number of nitrogens with zero attached hydrogens (tertiary/aromatic N) is 1. The van der Waals surface area contributed by atoms with Gasteiger partial charge in [-0.25, -0.2) is 0 Å². The summed E-state index contributed by atoms with van der Waals surface area (Å²) < 4.78 is 10.4. The number of nitriles is 1. The minimum absolute atomic E-state index is 0.318. The van der Waals surface area contributed by atoms with E-state index in [2.05, 4.69) is 13.0 Å². The highest BCUT2D eigenvalue weighted by Gasteiger charge is 2.53. The molecule has 3 fully saturated rings. The Balaban J connectivity index is 1.54. The molecule has 0 N–H and O–H groups in total. The molecule has 6 atom stereocenters. The third-order valence-corrected chi connectivity index (χ3v) is 7.10. The smallest absolute Gasteiger partial charge is 0.146 e. The summed E-state index contributed by atoms with van der Waals surface area (Å²) in [6.07, 6.45) is 10.4. The quantitative estimate of drug-likeness (QED) is 0.559. The molecule has 0 unspecified atom stereocenters. The Morgan fingerprint density at radius 1 is 1.14 bits per heavy atom. The molecule has 0 spiro atoms. The van der Waals surface area contributed by atoms with Crippen LogP contribution in [0.15, 0.2) is 0 Å². The van der Waals surface area contributed by atoms with Gasteiger partial charge in [-0.3, -0.25) is 0 Å². The van der Waals surface area contributed by atoms with E-state index in [9.17, 15) is 5.26 Å². The highest BCUT2D eigenvalue weighted by Crippen LogP contribution is 2.60. The average molecular weight is 305 g/mol. The van der Waals surface area contributed by atoms with Crippen molar-refractivity contribution in [2.75, 3.05) is 20.5 Å². The third kappa shape index (κ3) is 3.05. The molecule has 0 aliphatic heterocycles. The molecular formula is C19H31NO2. The molecule has 0 bridgehead atoms. The van der Waals surface area contributed by atoms with E-state index in [1.165, 1.54) is 44.9 Å². The molecule has 124 valence electrons. The molecule has 3 saturated carbocycles. The van der Waals surface area contributed by atoms with Crippen molar-refractivity contribution in [2.24, 2.45) is 35.0 Å². The van der Waals surface area contributed by atoms with E-state index in [1.807, 2.05) is 0 Å². The summed E-state index contributed by atoms with van der Waals surface area (Å²) in [5, 5.41) is 9.47. The van der Waals surface area contributed by atoms with E-state index in [0.717, 1.165) is 36.7 Å². The predicted octanol–water partition coefficient (Wildman–Crippen LogP) is 4.38. The fraction of sp³-hybridized carbons (Fsp3) is 0.947. The van der Waals surface area contributed by atoms with E-state index in [0.29, 0.717) is 18.1 Å². The van der Waals surface area contributed by atoms with Gasteiger partial charge in [-0.05, 0) is 74.0 Å². The van der Waals surface area contributed by atoms with Gasteiger partial charge in [-0.1, -0.05) is 13.3 Å². The molecule has 0 aromatic heterocycles. The number of hydrogen-bond acceptors (Lipinski definition) is 3. The van der Waals surface area contributed by atoms with Gasteiger partial charge in [0.05, 0.1) is 12.0 Å². The second-order valence-electron chi connectivity index (χ2n) is 8.20. The van der Waals surface area contributed by atoms with Gasteiger partial charge in [0.1, 0.15) is 6.79 Å². The molecule has 3 aliphatic rings. The Morgan fingerprint density at radius 3 is 2.77 bits per heavy atom. The largest absolute Gasteiger partial charge is 0.359 e. The first-order chi connectivity index (χ1) is 10.7. The minimum atomic E-state index is 0.318. The molecule has 0 amide bonds. The van der Waals surface area contributed by atoms with Gasteiger partial charge in [0.25, 0.3) is 0 Å². The summed E-state index contributed by atoms with van der Waals surface area (Å²) in [5.41, 5.74) is 0.324. The summed E-state index contributed by atoms with van der Waals surface area (Å²) in [4.78, 5) is 0. The summed E-state index contributed by atoms with van der Waals surface area (Å²) in [7, 11) is 1.68. The Kier molecular flexibility index (Phi) is 5.10. The van der Waals surface area contributed by atoms with Gasteiger partial charge in [0, 0.05) is 13.7 Å². The van der Waals surface area contributed by atoms with Gasteiger partial charge < -0.3 is 9.47 Å². The van der Waals surface area contributed by atoms with E-state index in [-0.39, 0.29) is 0 Å². The van der Waals surface area contributed by atoms with Gasteiger partial charge in [-0.15, -0.1) is 0 Å². The first-order valence-corrected chi connectivity index (χ1v) is 9.13. The summed E-state index contributed by atoms with van der Waals surface area (Å²) in [6, 6.07) is 2.62. The van der Waals surface area contributed by atoms with Crippen LogP contribution in [0.1, 0.15) is 58.3 Å². The van der Waals surface area contributed by atoms with E-state index in [4.69, 9.17) is 9.47 Å². The number of fused-ring (bicyclic) bond motifs is 2. The highest BCUT2D eigenvalue weighted by atomic mass is 16.7. The average Bonchev–Trinajstić information content (AvgIpc) is 2.84. The Hall–Kier alpha value is -0.590. The third-order valence-electron chi connectivity index (χ3n) is 7.10. The number of rotatable bonds is 5. The van der Waals surface area contributed by atoms with Crippen molar-refractivity contribution in [3.05, 3.63) is 0 Å². The fourth-order valence-corrected chi connectivity index (χ4v) is 5.79. The van der Waals surface area contributed by atoms with E-state index >= 15 is 0 Å². The molecule has 0 aromatic rings. The topological polar surface area (TPSA) is 42.2 Å². The lowest BCUT2D eigenvalue weighted by Gasteiger charge is -2.49. The zero-order chi connectivity index (χ0) is 15.6. The van der Waals surface area contributed by atoms with Gasteiger partial charge in [-0.2, -0.15) is 5.26 Å². The van der Waals surface area contributed by atoms with Crippen LogP contribution in [0.2, 0.25) is 0 Å². The Morgan fingerprint density at radius 2 is 2.00 bits per heavy atom. The molecule has 3 rings (SSSR count). The normalized spacial score (nSPS) is 44.1. The van der Waals surface area contributed by atoms with Crippen molar-refractivity contribution < 1.29 is 9.47 Å². The van der Waals surface area contributed by atoms with Crippen LogP contribution >= 0.6 is 0 Å². The first kappa shape index (κ1) is 16.3. The van der Waals surface area contributed by atoms with Crippen molar-refractivity contribution in [3.63, 3.8) is 0 Å². The maximum atomic E-state index is 9.47. The van der Waals surface area contributed by atoms with Crippen LogP contribution in [0.25, 0.3) is 0 Å². The maximum Gasteiger partial charge on any atom is 0.146 e. The zero-order valence-corrected chi connectivity index (χ0v) is 14.2. The molecule has 0 saturated heterocycles. The fourth-order valence-electron chi connectivity index (χ4n) is 5.79. The Bertz CT molecular complexity index is 418. The molecule has 3 nitrogen and oxygen atoms in total. The van der Waals surface area contributed by atoms with Crippen molar-refractivity contribution in [1.29, 1.82) is 5.26 Å². The molecule has 0 heterocycles. The predicted molar refractivity (Wildman–Crippen MR) is 85.9 cm³/mol. The van der Waals surface area contributed by atoms with Crippen LogP contribution in [-0.2, 0) is 9.47 Å². The molecule has 3 heteroatoms. The van der Waals surface area contributed by atoms with Crippen LogP contribution in [0.4, 0.5) is 0 Å². The number of methoxy groups -OCH3 is 1. The van der Waals surface area contributed by atoms with Crippen LogP contribution in [0, 0.1) is 46.3 Å². The number of ether oxygens (including phenoxy) is 2. The van der Waals surface area contributed by atoms with Crippen LogP contribution < -0.4 is 0 Å². The molecular weight excluding hydrogens is 274 g/mol. The minimum Gasteiger partial charge on any atom is -0.359 e. The van der Waals surface area contributed by atoms with Crippen LogP contribution in [0.3, 0.4) is 0 Å². The van der Waals surface area contributed by atoms with Gasteiger partial charge in [0.2, 0.25) is 0 Å². The van der Waals surface area contributed by atoms with Crippen molar-refractivity contribution in [3.8, 4) is 6.07 Å².